The van der Waals surface area contributed by atoms with Gasteiger partial charge in [0.1, 0.15) is 11.8 Å². The number of amides is 1. The Bertz CT molecular complexity index is 1190. The fourth-order valence-corrected chi connectivity index (χ4v) is 4.47. The maximum atomic E-state index is 13.7. The van der Waals surface area contributed by atoms with Crippen LogP contribution in [-0.4, -0.2) is 51.8 Å². The Morgan fingerprint density at radius 2 is 1.91 bits per heavy atom. The van der Waals surface area contributed by atoms with Gasteiger partial charge in [0, 0.05) is 37.6 Å². The van der Waals surface area contributed by atoms with E-state index in [1.165, 1.54) is 30.3 Å². The summed E-state index contributed by atoms with van der Waals surface area (Å²) in [7, 11) is 1.68. The first kappa shape index (κ1) is 22.9. The highest BCUT2D eigenvalue weighted by atomic mass is 35.5. The van der Waals surface area contributed by atoms with Crippen LogP contribution in [0.2, 0.25) is 10.0 Å². The second-order valence-electron chi connectivity index (χ2n) is 7.75. The molecular formula is C22H21Cl2F2N3O3. The number of aromatic nitrogens is 2. The molecule has 0 aliphatic carbocycles. The molecule has 1 aliphatic heterocycles. The quantitative estimate of drug-likeness (QED) is 0.591. The van der Waals surface area contributed by atoms with Crippen LogP contribution in [0.15, 0.2) is 30.3 Å². The molecule has 1 fully saturated rings. The lowest BCUT2D eigenvalue weighted by Gasteiger charge is -2.28. The van der Waals surface area contributed by atoms with Gasteiger partial charge in [-0.3, -0.25) is 4.79 Å². The predicted octanol–water partition coefficient (Wildman–Crippen LogP) is 4.55. The molecule has 1 amide bonds. The zero-order valence-electron chi connectivity index (χ0n) is 17.4. The molecule has 3 aromatic rings. The van der Waals surface area contributed by atoms with E-state index in [4.69, 9.17) is 27.9 Å². The number of aliphatic hydroxyl groups excluding tert-OH is 1. The van der Waals surface area contributed by atoms with Crippen molar-refractivity contribution in [1.29, 1.82) is 0 Å². The smallest absolute Gasteiger partial charge is 0.286 e. The molecule has 6 nitrogen and oxygen atoms in total. The lowest BCUT2D eigenvalue weighted by molar-refractivity contribution is 0.0131. The topological polar surface area (TPSA) is 67.6 Å². The second-order valence-corrected chi connectivity index (χ2v) is 8.53. The summed E-state index contributed by atoms with van der Waals surface area (Å²) in [4.78, 5) is 18.6. The van der Waals surface area contributed by atoms with Gasteiger partial charge in [0.15, 0.2) is 0 Å². The summed E-state index contributed by atoms with van der Waals surface area (Å²) in [6.45, 7) is 2.53. The Kier molecular flexibility index (Phi) is 6.15. The third-order valence-electron chi connectivity index (χ3n) is 5.59. The van der Waals surface area contributed by atoms with E-state index in [1.807, 2.05) is 0 Å². The van der Waals surface area contributed by atoms with E-state index in [-0.39, 0.29) is 32.8 Å². The molecule has 1 atom stereocenters. The van der Waals surface area contributed by atoms with Crippen LogP contribution in [-0.2, 0) is 17.7 Å². The number of hydrogen-bond donors (Lipinski definition) is 1. The first-order chi connectivity index (χ1) is 15.1. The molecule has 10 heteroatoms. The first-order valence-electron chi connectivity index (χ1n) is 9.97. The number of halogens is 4. The highest BCUT2D eigenvalue weighted by Crippen LogP contribution is 2.38. The van der Waals surface area contributed by atoms with Crippen LogP contribution in [0.3, 0.4) is 0 Å². The van der Waals surface area contributed by atoms with E-state index in [0.29, 0.717) is 43.0 Å². The van der Waals surface area contributed by atoms with Gasteiger partial charge in [-0.05, 0) is 30.3 Å². The minimum absolute atomic E-state index is 0.0421. The summed E-state index contributed by atoms with van der Waals surface area (Å²) >= 11 is 12.9. The number of hydrogen-bond acceptors (Lipinski definition) is 4. The van der Waals surface area contributed by atoms with Gasteiger partial charge in [-0.1, -0.05) is 23.2 Å². The Morgan fingerprint density at radius 1 is 1.22 bits per heavy atom. The van der Waals surface area contributed by atoms with E-state index in [1.54, 1.807) is 16.5 Å². The average molecular weight is 484 g/mol. The Morgan fingerprint density at radius 3 is 2.56 bits per heavy atom. The normalized spacial score (nSPS) is 15.9. The van der Waals surface area contributed by atoms with Crippen molar-refractivity contribution in [2.75, 3.05) is 26.3 Å². The maximum absolute atomic E-state index is 13.7. The molecule has 32 heavy (non-hydrogen) atoms. The SMILES string of the molecule is Cn1c(C(O)c2c(Cl)ccc(C(=O)N3CCOCC3)c2Cl)cc2nc(C(C)(F)F)ccc21. The van der Waals surface area contributed by atoms with Gasteiger partial charge >= 0.3 is 0 Å². The fourth-order valence-electron chi connectivity index (χ4n) is 3.81. The van der Waals surface area contributed by atoms with E-state index in [0.717, 1.165) is 6.92 Å². The summed E-state index contributed by atoms with van der Waals surface area (Å²) in [5.41, 5.74) is 1.22. The van der Waals surface area contributed by atoms with Crippen LogP contribution in [0.5, 0.6) is 0 Å². The lowest BCUT2D eigenvalue weighted by Crippen LogP contribution is -2.40. The van der Waals surface area contributed by atoms with Gasteiger partial charge in [0.2, 0.25) is 0 Å². The number of morpholine rings is 1. The number of carbonyl (C=O) groups is 1. The Balaban J connectivity index is 1.76. The van der Waals surface area contributed by atoms with Crippen molar-refractivity contribution in [2.24, 2.45) is 7.05 Å². The van der Waals surface area contributed by atoms with Crippen molar-refractivity contribution in [3.05, 3.63) is 62.9 Å². The van der Waals surface area contributed by atoms with E-state index in [2.05, 4.69) is 4.98 Å². The van der Waals surface area contributed by atoms with Crippen molar-refractivity contribution in [3.63, 3.8) is 0 Å². The van der Waals surface area contributed by atoms with E-state index >= 15 is 0 Å². The molecule has 1 saturated heterocycles. The molecule has 1 unspecified atom stereocenters. The highest BCUT2D eigenvalue weighted by molar-refractivity contribution is 6.38. The Labute approximate surface area is 193 Å². The van der Waals surface area contributed by atoms with Gasteiger partial charge in [0.25, 0.3) is 11.8 Å². The number of nitrogens with zero attached hydrogens (tertiary/aromatic N) is 3. The molecule has 0 saturated carbocycles. The minimum atomic E-state index is -3.09. The summed E-state index contributed by atoms with van der Waals surface area (Å²) in [5.74, 6) is -3.37. The van der Waals surface area contributed by atoms with Crippen molar-refractivity contribution >= 4 is 40.1 Å². The highest BCUT2D eigenvalue weighted by Gasteiger charge is 2.29. The van der Waals surface area contributed by atoms with Crippen LogP contribution in [0.25, 0.3) is 11.0 Å². The van der Waals surface area contributed by atoms with Crippen molar-refractivity contribution in [2.45, 2.75) is 19.0 Å². The van der Waals surface area contributed by atoms with Gasteiger partial charge in [0.05, 0.1) is 40.5 Å². The van der Waals surface area contributed by atoms with Gasteiger partial charge in [-0.2, -0.15) is 8.78 Å². The summed E-state index contributed by atoms with van der Waals surface area (Å²) < 4.78 is 34.3. The molecule has 170 valence electrons. The summed E-state index contributed by atoms with van der Waals surface area (Å²) in [6, 6.07) is 7.32. The number of pyridine rings is 1. The van der Waals surface area contributed by atoms with Crippen molar-refractivity contribution < 1.29 is 23.4 Å². The van der Waals surface area contributed by atoms with Crippen LogP contribution >= 0.6 is 23.2 Å². The standard InChI is InChI=1S/C22H21Cl2F2N3O3/c1-22(25,26)17-6-5-15-14(27-17)11-16(28(15)2)20(30)18-13(23)4-3-12(19(18)24)21(31)29-7-9-32-10-8-29/h3-6,11,20,30H,7-10H2,1-2H3. The molecular weight excluding hydrogens is 463 g/mol. The second kappa shape index (κ2) is 8.59. The van der Waals surface area contributed by atoms with Crippen LogP contribution in [0.1, 0.15) is 40.3 Å². The number of aryl methyl sites for hydroxylation is 1. The number of benzene rings is 1. The van der Waals surface area contributed by atoms with Crippen LogP contribution in [0.4, 0.5) is 8.78 Å². The van der Waals surface area contributed by atoms with E-state index < -0.39 is 12.0 Å². The number of aliphatic hydroxyl groups is 1. The average Bonchev–Trinajstić information content (AvgIpc) is 3.09. The number of rotatable bonds is 4. The number of ether oxygens (including phenoxy) is 1. The number of alkyl halides is 2. The van der Waals surface area contributed by atoms with Gasteiger partial charge < -0.3 is 19.3 Å². The van der Waals surface area contributed by atoms with Gasteiger partial charge in [-0.15, -0.1) is 0 Å². The maximum Gasteiger partial charge on any atom is 0.286 e. The zero-order valence-corrected chi connectivity index (χ0v) is 18.9. The minimum Gasteiger partial charge on any atom is -0.382 e. The third-order valence-corrected chi connectivity index (χ3v) is 6.33. The molecule has 1 aliphatic rings. The molecule has 2 aromatic heterocycles. The monoisotopic (exact) mass is 483 g/mol. The number of carbonyl (C=O) groups excluding carboxylic acids is 1. The van der Waals surface area contributed by atoms with Gasteiger partial charge in [-0.25, -0.2) is 4.98 Å². The molecule has 0 bridgehead atoms. The molecule has 0 spiro atoms. The van der Waals surface area contributed by atoms with E-state index in [9.17, 15) is 18.7 Å². The third kappa shape index (κ3) is 4.08. The molecule has 1 N–H and O–H groups in total. The number of fused-ring (bicyclic) bond motifs is 1. The van der Waals surface area contributed by atoms with Crippen molar-refractivity contribution in [1.82, 2.24) is 14.5 Å². The summed E-state index contributed by atoms with van der Waals surface area (Å²) in [6.07, 6.45) is -1.31. The summed E-state index contributed by atoms with van der Waals surface area (Å²) in [5, 5.41) is 11.4. The predicted molar refractivity (Wildman–Crippen MR) is 118 cm³/mol. The molecule has 4 rings (SSSR count). The molecule has 1 aromatic carbocycles. The van der Waals surface area contributed by atoms with Crippen molar-refractivity contribution in [3.8, 4) is 0 Å². The molecule has 0 radical (unpaired) electrons. The zero-order chi connectivity index (χ0) is 23.2. The van der Waals surface area contributed by atoms with Crippen LogP contribution in [0, 0.1) is 0 Å². The first-order valence-corrected chi connectivity index (χ1v) is 10.7. The fraction of sp³-hybridized carbons (Fsp3) is 0.364. The largest absolute Gasteiger partial charge is 0.382 e. The lowest BCUT2D eigenvalue weighted by atomic mass is 10.0. The molecule has 3 heterocycles. The Hall–Kier alpha value is -2.26. The van der Waals surface area contributed by atoms with Crippen LogP contribution < -0.4 is 0 Å².